The number of nitrogens with zero attached hydrogens (tertiary/aromatic N) is 1. The summed E-state index contributed by atoms with van der Waals surface area (Å²) in [5.41, 5.74) is -0.618. The number of aliphatic hydroxyl groups excluding tert-OH is 1. The van der Waals surface area contributed by atoms with Crippen molar-refractivity contribution in [1.82, 2.24) is 0 Å². The predicted octanol–water partition coefficient (Wildman–Crippen LogP) is 1.86. The smallest absolute Gasteiger partial charge is 0.154 e. The third-order valence-electron chi connectivity index (χ3n) is 2.99. The Balaban J connectivity index is 2.54. The molecule has 1 aliphatic rings. The zero-order chi connectivity index (χ0) is 10.4. The minimum Gasteiger partial charge on any atom is -0.394 e. The fourth-order valence-corrected chi connectivity index (χ4v) is 2.01. The van der Waals surface area contributed by atoms with Crippen molar-refractivity contribution < 1.29 is 9.84 Å². The lowest BCUT2D eigenvalue weighted by molar-refractivity contribution is -0.0290. The summed E-state index contributed by atoms with van der Waals surface area (Å²) in [6, 6.07) is 2.28. The van der Waals surface area contributed by atoms with E-state index in [4.69, 9.17) is 15.1 Å². The van der Waals surface area contributed by atoms with E-state index in [9.17, 15) is 0 Å². The lowest BCUT2D eigenvalue weighted by Crippen LogP contribution is -2.31. The first kappa shape index (κ1) is 11.5. The second-order valence-electron chi connectivity index (χ2n) is 4.21. The summed E-state index contributed by atoms with van der Waals surface area (Å²) < 4.78 is 5.49. The van der Waals surface area contributed by atoms with Gasteiger partial charge in [-0.3, -0.25) is 0 Å². The monoisotopic (exact) mass is 197 g/mol. The Morgan fingerprint density at radius 3 is 2.93 bits per heavy atom. The van der Waals surface area contributed by atoms with Crippen molar-refractivity contribution in [3.05, 3.63) is 0 Å². The van der Waals surface area contributed by atoms with Crippen LogP contribution in [0.3, 0.4) is 0 Å². The number of ether oxygens (including phenoxy) is 1. The van der Waals surface area contributed by atoms with Crippen LogP contribution in [-0.4, -0.2) is 23.9 Å². The third-order valence-corrected chi connectivity index (χ3v) is 2.99. The average molecular weight is 197 g/mol. The Morgan fingerprint density at radius 2 is 2.29 bits per heavy atom. The molecule has 0 bridgehead atoms. The molecule has 1 fully saturated rings. The molecule has 14 heavy (non-hydrogen) atoms. The molecule has 80 valence electrons. The summed E-state index contributed by atoms with van der Waals surface area (Å²) in [7, 11) is 0. The van der Waals surface area contributed by atoms with E-state index >= 15 is 0 Å². The van der Waals surface area contributed by atoms with Crippen molar-refractivity contribution in [2.24, 2.45) is 5.92 Å². The quantitative estimate of drug-likeness (QED) is 0.702. The number of hydrogen-bond donors (Lipinski definition) is 1. The molecule has 0 saturated heterocycles. The maximum Gasteiger partial charge on any atom is 0.154 e. The number of nitriles is 1. The van der Waals surface area contributed by atoms with Crippen LogP contribution in [0.5, 0.6) is 0 Å². The van der Waals surface area contributed by atoms with Gasteiger partial charge in [-0.05, 0) is 31.6 Å². The second-order valence-corrected chi connectivity index (χ2v) is 4.21. The highest BCUT2D eigenvalue weighted by Crippen LogP contribution is 2.32. The molecule has 3 heteroatoms. The average Bonchev–Trinajstić information content (AvgIpc) is 2.39. The van der Waals surface area contributed by atoms with E-state index in [0.29, 0.717) is 5.92 Å². The Kier molecular flexibility index (Phi) is 4.37. The van der Waals surface area contributed by atoms with Gasteiger partial charge in [0.25, 0.3) is 0 Å². The maximum atomic E-state index is 9.12. The summed E-state index contributed by atoms with van der Waals surface area (Å²) in [5.74, 6) is 0.697. The lowest BCUT2D eigenvalue weighted by Gasteiger charge is -2.24. The summed E-state index contributed by atoms with van der Waals surface area (Å²) in [6.45, 7) is 2.50. The van der Waals surface area contributed by atoms with E-state index in [0.717, 1.165) is 25.7 Å². The molecule has 1 N–H and O–H groups in total. The standard InChI is InChI=1S/C11H19NO2/c1-10-3-2-5-11(9-12,6-4-10)14-8-7-13/h10,13H,2-8H2,1H3. The van der Waals surface area contributed by atoms with Gasteiger partial charge in [-0.15, -0.1) is 0 Å². The highest BCUT2D eigenvalue weighted by molar-refractivity contribution is 5.03. The molecule has 1 saturated carbocycles. The SMILES string of the molecule is CC1CCCC(C#N)(OCCO)CC1. The Morgan fingerprint density at radius 1 is 1.50 bits per heavy atom. The van der Waals surface area contributed by atoms with Gasteiger partial charge in [0.15, 0.2) is 5.60 Å². The largest absolute Gasteiger partial charge is 0.394 e. The Bertz CT molecular complexity index is 208. The van der Waals surface area contributed by atoms with Crippen molar-refractivity contribution in [1.29, 1.82) is 5.26 Å². The molecule has 0 radical (unpaired) electrons. The highest BCUT2D eigenvalue weighted by atomic mass is 16.5. The Hall–Kier alpha value is -0.590. The zero-order valence-electron chi connectivity index (χ0n) is 8.83. The fourth-order valence-electron chi connectivity index (χ4n) is 2.01. The van der Waals surface area contributed by atoms with E-state index in [2.05, 4.69) is 13.0 Å². The topological polar surface area (TPSA) is 53.2 Å². The molecule has 3 nitrogen and oxygen atoms in total. The minimum atomic E-state index is -0.618. The molecule has 0 spiro atoms. The van der Waals surface area contributed by atoms with Crippen LogP contribution in [0.25, 0.3) is 0 Å². The van der Waals surface area contributed by atoms with Crippen LogP contribution in [0, 0.1) is 17.2 Å². The fraction of sp³-hybridized carbons (Fsp3) is 0.909. The van der Waals surface area contributed by atoms with Gasteiger partial charge in [0.2, 0.25) is 0 Å². The molecule has 0 heterocycles. The molecular formula is C11H19NO2. The number of rotatable bonds is 3. The van der Waals surface area contributed by atoms with Crippen LogP contribution >= 0.6 is 0 Å². The van der Waals surface area contributed by atoms with Crippen molar-refractivity contribution in [2.75, 3.05) is 13.2 Å². The molecule has 0 aliphatic heterocycles. The van der Waals surface area contributed by atoms with Crippen LogP contribution in [0.15, 0.2) is 0 Å². The van der Waals surface area contributed by atoms with Crippen LogP contribution in [0.1, 0.15) is 39.0 Å². The predicted molar refractivity (Wildman–Crippen MR) is 53.6 cm³/mol. The highest BCUT2D eigenvalue weighted by Gasteiger charge is 2.33. The van der Waals surface area contributed by atoms with Crippen LogP contribution in [0.4, 0.5) is 0 Å². The summed E-state index contributed by atoms with van der Waals surface area (Å²) in [4.78, 5) is 0. The van der Waals surface area contributed by atoms with Gasteiger partial charge in [0.1, 0.15) is 0 Å². The lowest BCUT2D eigenvalue weighted by atomic mass is 9.95. The van der Waals surface area contributed by atoms with Gasteiger partial charge in [-0.2, -0.15) is 5.26 Å². The van der Waals surface area contributed by atoms with Gasteiger partial charge in [-0.25, -0.2) is 0 Å². The van der Waals surface area contributed by atoms with Crippen LogP contribution < -0.4 is 0 Å². The number of hydrogen-bond acceptors (Lipinski definition) is 3. The minimum absolute atomic E-state index is 0.00101. The first-order chi connectivity index (χ1) is 6.72. The van der Waals surface area contributed by atoms with E-state index in [1.165, 1.54) is 6.42 Å². The first-order valence-electron chi connectivity index (χ1n) is 5.38. The molecular weight excluding hydrogens is 178 g/mol. The maximum absolute atomic E-state index is 9.12. The molecule has 2 atom stereocenters. The zero-order valence-corrected chi connectivity index (χ0v) is 8.83. The van der Waals surface area contributed by atoms with Crippen molar-refractivity contribution in [3.8, 4) is 6.07 Å². The summed E-state index contributed by atoms with van der Waals surface area (Å²) >= 11 is 0. The molecule has 1 rings (SSSR count). The van der Waals surface area contributed by atoms with Crippen molar-refractivity contribution in [2.45, 2.75) is 44.6 Å². The van der Waals surface area contributed by atoms with Gasteiger partial charge in [0.05, 0.1) is 19.3 Å². The molecule has 2 unspecified atom stereocenters. The van der Waals surface area contributed by atoms with Gasteiger partial charge in [0, 0.05) is 0 Å². The van der Waals surface area contributed by atoms with E-state index in [1.54, 1.807) is 0 Å². The van der Waals surface area contributed by atoms with Crippen molar-refractivity contribution >= 4 is 0 Å². The normalized spacial score (nSPS) is 33.4. The summed E-state index contributed by atoms with van der Waals surface area (Å²) in [6.07, 6.45) is 4.92. The van der Waals surface area contributed by atoms with E-state index in [-0.39, 0.29) is 13.2 Å². The van der Waals surface area contributed by atoms with Crippen LogP contribution in [-0.2, 0) is 4.74 Å². The molecule has 0 aromatic heterocycles. The van der Waals surface area contributed by atoms with E-state index in [1.807, 2.05) is 0 Å². The van der Waals surface area contributed by atoms with Gasteiger partial charge < -0.3 is 9.84 Å². The number of aliphatic hydroxyl groups is 1. The van der Waals surface area contributed by atoms with Crippen LogP contribution in [0.2, 0.25) is 0 Å². The van der Waals surface area contributed by atoms with E-state index < -0.39 is 5.60 Å². The van der Waals surface area contributed by atoms with Crippen molar-refractivity contribution in [3.63, 3.8) is 0 Å². The Labute approximate surface area is 85.7 Å². The van der Waals surface area contributed by atoms with Gasteiger partial charge in [-0.1, -0.05) is 13.3 Å². The third kappa shape index (κ3) is 2.97. The first-order valence-corrected chi connectivity index (χ1v) is 5.38. The second kappa shape index (κ2) is 5.33. The van der Waals surface area contributed by atoms with Gasteiger partial charge >= 0.3 is 0 Å². The molecule has 1 aliphatic carbocycles. The molecule has 0 amide bonds. The summed E-state index contributed by atoms with van der Waals surface area (Å²) in [5, 5.41) is 17.8. The molecule has 0 aromatic carbocycles. The molecule has 0 aromatic rings.